The van der Waals surface area contributed by atoms with Crippen molar-refractivity contribution in [3.63, 3.8) is 0 Å². The molecule has 36 heavy (non-hydrogen) atoms. The predicted octanol–water partition coefficient (Wildman–Crippen LogP) is 2.02. The average Bonchev–Trinajstić information content (AvgIpc) is 3.44. The van der Waals surface area contributed by atoms with E-state index in [2.05, 4.69) is 32.6 Å². The Labute approximate surface area is 215 Å². The minimum absolute atomic E-state index is 0.0601. The number of anilines is 1. The number of aromatic nitrogens is 1. The van der Waals surface area contributed by atoms with E-state index in [-0.39, 0.29) is 22.0 Å². The highest BCUT2D eigenvalue weighted by Crippen LogP contribution is 2.33. The van der Waals surface area contributed by atoms with Gasteiger partial charge in [0.1, 0.15) is 0 Å². The largest absolute Gasteiger partial charge is 0.389 e. The zero-order chi connectivity index (χ0) is 25.1. The number of ether oxygens (including phenoxy) is 1. The van der Waals surface area contributed by atoms with Gasteiger partial charge in [-0.05, 0) is 31.9 Å². The number of hydrogen-bond donors (Lipinski definition) is 2. The standard InChI is InChI=1S/C24H31N5O5S2/c1-16-13-29(10-9-25-16)14-19-12-26-24(35-19)27-23(30)22(28-34-18-8-11-33-15-18)17-2-4-20(5-3-17)36(31,32)21-6-7-21/h2-5,12,16,18,21,25H,6-11,13-15H2,1H3,(H,26,27,30)/t16-,18+/m0/s1. The van der Waals surface area contributed by atoms with Gasteiger partial charge in [0.15, 0.2) is 26.8 Å². The van der Waals surface area contributed by atoms with Crippen LogP contribution in [-0.2, 0) is 30.8 Å². The van der Waals surface area contributed by atoms with Crippen LogP contribution in [0.5, 0.6) is 0 Å². The fourth-order valence-electron chi connectivity index (χ4n) is 4.29. The van der Waals surface area contributed by atoms with Crippen molar-refractivity contribution in [2.75, 3.05) is 38.2 Å². The quantitative estimate of drug-likeness (QED) is 0.371. The van der Waals surface area contributed by atoms with Crippen LogP contribution < -0.4 is 10.6 Å². The molecule has 2 N–H and O–H groups in total. The van der Waals surface area contributed by atoms with E-state index in [0.29, 0.717) is 49.2 Å². The maximum atomic E-state index is 13.2. The second-order valence-electron chi connectivity index (χ2n) is 9.48. The molecular weight excluding hydrogens is 502 g/mol. The summed E-state index contributed by atoms with van der Waals surface area (Å²) in [7, 11) is -3.32. The minimum atomic E-state index is -3.32. The summed E-state index contributed by atoms with van der Waals surface area (Å²) in [6.45, 7) is 6.83. The molecule has 0 radical (unpaired) electrons. The molecule has 3 heterocycles. The minimum Gasteiger partial charge on any atom is -0.389 e. The number of thiazole rings is 1. The van der Waals surface area contributed by atoms with Crippen LogP contribution in [0.3, 0.4) is 0 Å². The van der Waals surface area contributed by atoms with Crippen LogP contribution in [0.4, 0.5) is 5.13 Å². The number of piperazine rings is 1. The molecule has 10 nitrogen and oxygen atoms in total. The SMILES string of the molecule is C[C@H]1CN(Cc2cnc(NC(=O)C(=NO[C@@H]3CCOC3)c3ccc(S(=O)(=O)C4CC4)cc3)s2)CCN1. The molecule has 2 saturated heterocycles. The van der Waals surface area contributed by atoms with Crippen molar-refractivity contribution in [3.05, 3.63) is 40.9 Å². The lowest BCUT2D eigenvalue weighted by molar-refractivity contribution is -0.110. The van der Waals surface area contributed by atoms with Crippen LogP contribution in [-0.4, -0.2) is 80.2 Å². The molecule has 1 aromatic carbocycles. The lowest BCUT2D eigenvalue weighted by Gasteiger charge is -2.31. The molecule has 3 aliphatic rings. The molecule has 1 aromatic heterocycles. The summed E-state index contributed by atoms with van der Waals surface area (Å²) in [4.78, 5) is 26.9. The van der Waals surface area contributed by atoms with Crippen molar-refractivity contribution in [3.8, 4) is 0 Å². The monoisotopic (exact) mass is 533 g/mol. The molecule has 1 aliphatic carbocycles. The van der Waals surface area contributed by atoms with Gasteiger partial charge in [0, 0.05) is 55.3 Å². The smallest absolute Gasteiger partial charge is 0.280 e. The van der Waals surface area contributed by atoms with Crippen LogP contribution in [0.2, 0.25) is 0 Å². The van der Waals surface area contributed by atoms with E-state index in [0.717, 1.165) is 31.1 Å². The Morgan fingerprint density at radius 2 is 2.11 bits per heavy atom. The highest BCUT2D eigenvalue weighted by Gasteiger charge is 2.36. The first-order valence-electron chi connectivity index (χ1n) is 12.3. The van der Waals surface area contributed by atoms with Gasteiger partial charge in [-0.2, -0.15) is 0 Å². The van der Waals surface area contributed by atoms with Gasteiger partial charge in [0.05, 0.1) is 23.4 Å². The van der Waals surface area contributed by atoms with Crippen molar-refractivity contribution in [2.45, 2.75) is 55.0 Å². The lowest BCUT2D eigenvalue weighted by atomic mass is 10.1. The lowest BCUT2D eigenvalue weighted by Crippen LogP contribution is -2.48. The van der Waals surface area contributed by atoms with Gasteiger partial charge < -0.3 is 14.9 Å². The Morgan fingerprint density at radius 3 is 2.81 bits per heavy atom. The third-order valence-corrected chi connectivity index (χ3v) is 9.60. The highest BCUT2D eigenvalue weighted by molar-refractivity contribution is 7.92. The topological polar surface area (TPSA) is 122 Å². The fourth-order valence-corrected chi connectivity index (χ4v) is 6.80. The number of carbonyl (C=O) groups is 1. The van der Waals surface area contributed by atoms with Crippen molar-refractivity contribution >= 4 is 37.9 Å². The molecule has 12 heteroatoms. The molecule has 1 amide bonds. The molecule has 194 valence electrons. The summed E-state index contributed by atoms with van der Waals surface area (Å²) in [5, 5.41) is 10.6. The summed E-state index contributed by atoms with van der Waals surface area (Å²) in [5.41, 5.74) is 0.526. The Hall–Kier alpha value is -2.38. The Bertz CT molecular complexity index is 1200. The van der Waals surface area contributed by atoms with Crippen LogP contribution in [0.1, 0.15) is 36.6 Å². The van der Waals surface area contributed by atoms with E-state index in [4.69, 9.17) is 9.57 Å². The number of nitrogens with one attached hydrogen (secondary N) is 2. The summed E-state index contributed by atoms with van der Waals surface area (Å²) in [6.07, 6.45) is 3.64. The number of oxime groups is 1. The van der Waals surface area contributed by atoms with Gasteiger partial charge in [-0.3, -0.25) is 15.0 Å². The number of nitrogens with zero attached hydrogens (tertiary/aromatic N) is 3. The summed E-state index contributed by atoms with van der Waals surface area (Å²) < 4.78 is 30.4. The maximum Gasteiger partial charge on any atom is 0.280 e. The van der Waals surface area contributed by atoms with Gasteiger partial charge in [-0.15, -0.1) is 11.3 Å². The normalized spacial score (nSPS) is 23.5. The number of sulfone groups is 1. The number of rotatable bonds is 9. The molecule has 2 atom stereocenters. The van der Waals surface area contributed by atoms with Gasteiger partial charge >= 0.3 is 0 Å². The zero-order valence-electron chi connectivity index (χ0n) is 20.2. The van der Waals surface area contributed by atoms with Crippen molar-refractivity contribution in [1.82, 2.24) is 15.2 Å². The molecule has 0 unspecified atom stereocenters. The molecular formula is C24H31N5O5S2. The second-order valence-corrected chi connectivity index (χ2v) is 12.8. The number of benzene rings is 1. The first-order chi connectivity index (χ1) is 17.4. The van der Waals surface area contributed by atoms with Gasteiger partial charge in [0.25, 0.3) is 5.91 Å². The highest BCUT2D eigenvalue weighted by atomic mass is 32.2. The Morgan fingerprint density at radius 1 is 1.31 bits per heavy atom. The third-order valence-electron chi connectivity index (χ3n) is 6.42. The van der Waals surface area contributed by atoms with E-state index in [1.165, 1.54) is 23.5 Å². The van der Waals surface area contributed by atoms with Crippen molar-refractivity contribution < 1.29 is 22.8 Å². The zero-order valence-corrected chi connectivity index (χ0v) is 21.8. The van der Waals surface area contributed by atoms with E-state index < -0.39 is 15.7 Å². The first-order valence-corrected chi connectivity index (χ1v) is 14.6. The summed E-state index contributed by atoms with van der Waals surface area (Å²) >= 11 is 1.43. The van der Waals surface area contributed by atoms with E-state index in [1.807, 2.05) is 0 Å². The molecule has 0 bridgehead atoms. The van der Waals surface area contributed by atoms with Gasteiger partial charge in [-0.1, -0.05) is 17.3 Å². The van der Waals surface area contributed by atoms with E-state index >= 15 is 0 Å². The Kier molecular flexibility index (Phi) is 7.68. The molecule has 3 fully saturated rings. The maximum absolute atomic E-state index is 13.2. The third kappa shape index (κ3) is 6.12. The Balaban J connectivity index is 1.30. The molecule has 2 aromatic rings. The predicted molar refractivity (Wildman–Crippen MR) is 137 cm³/mol. The van der Waals surface area contributed by atoms with Gasteiger partial charge in [0.2, 0.25) is 0 Å². The van der Waals surface area contributed by atoms with Crippen molar-refractivity contribution in [1.29, 1.82) is 0 Å². The number of amides is 1. The van der Waals surface area contributed by atoms with Crippen molar-refractivity contribution in [2.24, 2.45) is 5.16 Å². The fraction of sp³-hybridized carbons (Fsp3) is 0.542. The van der Waals surface area contributed by atoms with Crippen LogP contribution in [0.15, 0.2) is 40.5 Å². The van der Waals surface area contributed by atoms with Crippen LogP contribution in [0, 0.1) is 0 Å². The van der Waals surface area contributed by atoms with Crippen LogP contribution >= 0.6 is 11.3 Å². The number of hydrogen-bond acceptors (Lipinski definition) is 10. The van der Waals surface area contributed by atoms with Gasteiger partial charge in [-0.25, -0.2) is 13.4 Å². The molecule has 5 rings (SSSR count). The molecule has 1 saturated carbocycles. The average molecular weight is 534 g/mol. The second kappa shape index (κ2) is 10.9. The van der Waals surface area contributed by atoms with Crippen LogP contribution in [0.25, 0.3) is 0 Å². The number of carbonyl (C=O) groups excluding carboxylic acids is 1. The van der Waals surface area contributed by atoms with E-state index in [1.54, 1.807) is 18.3 Å². The van der Waals surface area contributed by atoms with E-state index in [9.17, 15) is 13.2 Å². The molecule has 0 spiro atoms. The summed E-state index contributed by atoms with van der Waals surface area (Å²) in [6, 6.07) is 6.70. The first kappa shape index (κ1) is 25.3. The molecule has 2 aliphatic heterocycles. The summed E-state index contributed by atoms with van der Waals surface area (Å²) in [5.74, 6) is -0.469.